The van der Waals surface area contributed by atoms with Gasteiger partial charge in [-0.25, -0.2) is 18.4 Å². The van der Waals surface area contributed by atoms with Gasteiger partial charge in [-0.15, -0.1) is 0 Å². The van der Waals surface area contributed by atoms with Crippen molar-refractivity contribution in [3.63, 3.8) is 0 Å². The lowest BCUT2D eigenvalue weighted by atomic mass is 10.1. The van der Waals surface area contributed by atoms with Gasteiger partial charge in [-0.3, -0.25) is 9.78 Å². The minimum absolute atomic E-state index is 0.208. The van der Waals surface area contributed by atoms with Crippen molar-refractivity contribution in [2.24, 2.45) is 0 Å². The molecular weight excluding hydrogens is 450 g/mol. The van der Waals surface area contributed by atoms with Crippen molar-refractivity contribution in [2.75, 3.05) is 16.9 Å². The molecule has 0 fully saturated rings. The van der Waals surface area contributed by atoms with Crippen LogP contribution in [0.15, 0.2) is 78.1 Å². The molecule has 4 rings (SSSR count). The van der Waals surface area contributed by atoms with Gasteiger partial charge in [0.05, 0.1) is 10.6 Å². The fraction of sp³-hybridized carbons (Fsp3) is 0.120. The predicted molar refractivity (Wildman–Crippen MR) is 132 cm³/mol. The second kappa shape index (κ2) is 9.40. The van der Waals surface area contributed by atoms with Gasteiger partial charge in [0.1, 0.15) is 0 Å². The van der Waals surface area contributed by atoms with Crippen LogP contribution in [-0.4, -0.2) is 35.5 Å². The smallest absolute Gasteiger partial charge is 0.255 e. The van der Waals surface area contributed by atoms with Crippen molar-refractivity contribution in [3.8, 4) is 11.3 Å². The number of anilines is 3. The molecule has 2 aromatic carbocycles. The zero-order valence-electron chi connectivity index (χ0n) is 18.9. The summed E-state index contributed by atoms with van der Waals surface area (Å²) < 4.78 is 23.7. The van der Waals surface area contributed by atoms with Crippen LogP contribution >= 0.6 is 0 Å². The topological polar surface area (TPSA) is 114 Å². The average Bonchev–Trinajstić information content (AvgIpc) is 2.81. The first-order valence-corrected chi connectivity index (χ1v) is 12.3. The minimum Gasteiger partial charge on any atom is -0.324 e. The molecule has 0 aliphatic rings. The van der Waals surface area contributed by atoms with Gasteiger partial charge < -0.3 is 10.6 Å². The maximum Gasteiger partial charge on any atom is 0.255 e. The summed E-state index contributed by atoms with van der Waals surface area (Å²) in [5.74, 6) is 0.0766. The van der Waals surface area contributed by atoms with Crippen molar-refractivity contribution >= 4 is 33.1 Å². The van der Waals surface area contributed by atoms with Crippen molar-refractivity contribution in [2.45, 2.75) is 18.7 Å². The molecule has 0 aliphatic carbocycles. The Kier molecular flexibility index (Phi) is 6.38. The number of rotatable bonds is 6. The third kappa shape index (κ3) is 5.26. The van der Waals surface area contributed by atoms with E-state index in [4.69, 9.17) is 0 Å². The summed E-state index contributed by atoms with van der Waals surface area (Å²) in [6.07, 6.45) is 6.25. The fourth-order valence-corrected chi connectivity index (χ4v) is 4.42. The third-order valence-electron chi connectivity index (χ3n) is 5.19. The largest absolute Gasteiger partial charge is 0.324 e. The highest BCUT2D eigenvalue weighted by molar-refractivity contribution is 7.90. The summed E-state index contributed by atoms with van der Waals surface area (Å²) in [5.41, 5.74) is 4.76. The quantitative estimate of drug-likeness (QED) is 0.422. The number of benzene rings is 2. The third-order valence-corrected chi connectivity index (χ3v) is 6.45. The molecule has 172 valence electrons. The standard InChI is InChI=1S/C25H23N5O3S/c1-16-6-8-20(28-24(31)18-7-9-23(17(2)13-18)34(3,32)33)14-22(16)30-25-27-12-10-21(29-25)19-5-4-11-26-15-19/h4-15H,1-3H3,(H,28,31)(H,27,29,30). The number of aromatic nitrogens is 3. The van der Waals surface area contributed by atoms with Gasteiger partial charge in [-0.05, 0) is 73.5 Å². The SMILES string of the molecule is Cc1ccc(NC(=O)c2ccc(S(C)(=O)=O)c(C)c2)cc1Nc1nccc(-c2cccnc2)n1. The molecule has 1 amide bonds. The molecular formula is C25H23N5O3S. The van der Waals surface area contributed by atoms with Gasteiger partial charge in [-0.1, -0.05) is 6.07 Å². The highest BCUT2D eigenvalue weighted by atomic mass is 32.2. The Balaban J connectivity index is 1.54. The van der Waals surface area contributed by atoms with E-state index in [1.165, 1.54) is 12.1 Å². The number of pyridine rings is 1. The number of carbonyl (C=O) groups excluding carboxylic acids is 1. The molecule has 4 aromatic rings. The molecule has 8 nitrogen and oxygen atoms in total. The number of hydrogen-bond donors (Lipinski definition) is 2. The second-order valence-electron chi connectivity index (χ2n) is 7.87. The molecule has 9 heteroatoms. The van der Waals surface area contributed by atoms with Gasteiger partial charge in [0.25, 0.3) is 5.91 Å². The van der Waals surface area contributed by atoms with E-state index in [2.05, 4.69) is 25.6 Å². The van der Waals surface area contributed by atoms with Crippen LogP contribution in [0.25, 0.3) is 11.3 Å². The highest BCUT2D eigenvalue weighted by Gasteiger charge is 2.14. The summed E-state index contributed by atoms with van der Waals surface area (Å²) in [7, 11) is -3.35. The Morgan fingerprint density at radius 3 is 2.47 bits per heavy atom. The molecule has 0 spiro atoms. The summed E-state index contributed by atoms with van der Waals surface area (Å²) in [6.45, 7) is 3.60. The normalized spacial score (nSPS) is 11.1. The lowest BCUT2D eigenvalue weighted by molar-refractivity contribution is 0.102. The van der Waals surface area contributed by atoms with Crippen LogP contribution in [0.4, 0.5) is 17.3 Å². The second-order valence-corrected chi connectivity index (χ2v) is 9.85. The summed E-state index contributed by atoms with van der Waals surface area (Å²) in [5, 5.41) is 6.07. The molecule has 0 aliphatic heterocycles. The van der Waals surface area contributed by atoms with Gasteiger partial charge >= 0.3 is 0 Å². The predicted octanol–water partition coefficient (Wildman–Crippen LogP) is 4.55. The number of nitrogens with zero attached hydrogens (tertiary/aromatic N) is 3. The molecule has 0 saturated carbocycles. The Morgan fingerprint density at radius 2 is 1.76 bits per heavy atom. The zero-order valence-corrected chi connectivity index (χ0v) is 19.7. The van der Waals surface area contributed by atoms with E-state index < -0.39 is 9.84 Å². The number of nitrogens with one attached hydrogen (secondary N) is 2. The van der Waals surface area contributed by atoms with E-state index in [0.717, 1.165) is 28.8 Å². The van der Waals surface area contributed by atoms with Crippen LogP contribution in [0.2, 0.25) is 0 Å². The first-order valence-electron chi connectivity index (χ1n) is 10.4. The Hall–Kier alpha value is -4.11. The molecule has 0 saturated heterocycles. The summed E-state index contributed by atoms with van der Waals surface area (Å²) in [4.78, 5) is 26.0. The van der Waals surface area contributed by atoms with Gasteiger partial charge in [0, 0.05) is 47.3 Å². The molecule has 0 atom stereocenters. The van der Waals surface area contributed by atoms with Crippen molar-refractivity contribution in [3.05, 3.63) is 89.9 Å². The Bertz CT molecular complexity index is 1470. The molecule has 2 N–H and O–H groups in total. The van der Waals surface area contributed by atoms with Crippen LogP contribution in [0.1, 0.15) is 21.5 Å². The maximum atomic E-state index is 12.8. The van der Waals surface area contributed by atoms with E-state index >= 15 is 0 Å². The average molecular weight is 474 g/mol. The number of sulfone groups is 1. The Labute approximate surface area is 198 Å². The van der Waals surface area contributed by atoms with Crippen LogP contribution in [-0.2, 0) is 9.84 Å². The maximum absolute atomic E-state index is 12.8. The van der Waals surface area contributed by atoms with Crippen LogP contribution in [0.5, 0.6) is 0 Å². The van der Waals surface area contributed by atoms with E-state index in [9.17, 15) is 13.2 Å². The zero-order chi connectivity index (χ0) is 24.3. The van der Waals surface area contributed by atoms with Gasteiger partial charge in [-0.2, -0.15) is 0 Å². The van der Waals surface area contributed by atoms with E-state index in [1.54, 1.807) is 43.7 Å². The van der Waals surface area contributed by atoms with Crippen molar-refractivity contribution in [1.29, 1.82) is 0 Å². The number of amides is 1. The summed E-state index contributed by atoms with van der Waals surface area (Å²) >= 11 is 0. The number of carbonyl (C=O) groups is 1. The van der Waals surface area contributed by atoms with E-state index in [-0.39, 0.29) is 10.8 Å². The number of hydrogen-bond acceptors (Lipinski definition) is 7. The van der Waals surface area contributed by atoms with E-state index in [0.29, 0.717) is 22.8 Å². The minimum atomic E-state index is -3.35. The first kappa shape index (κ1) is 23.1. The lowest BCUT2D eigenvalue weighted by Crippen LogP contribution is -2.13. The molecule has 0 radical (unpaired) electrons. The van der Waals surface area contributed by atoms with Crippen LogP contribution in [0.3, 0.4) is 0 Å². The van der Waals surface area contributed by atoms with Crippen LogP contribution < -0.4 is 10.6 Å². The van der Waals surface area contributed by atoms with Crippen molar-refractivity contribution in [1.82, 2.24) is 15.0 Å². The molecule has 0 unspecified atom stereocenters. The molecule has 0 bridgehead atoms. The monoisotopic (exact) mass is 473 g/mol. The summed E-state index contributed by atoms with van der Waals surface area (Å²) in [6, 6.07) is 15.6. The van der Waals surface area contributed by atoms with Crippen molar-refractivity contribution < 1.29 is 13.2 Å². The molecule has 2 heterocycles. The van der Waals surface area contributed by atoms with Gasteiger partial charge in [0.2, 0.25) is 5.95 Å². The molecule has 34 heavy (non-hydrogen) atoms. The van der Waals surface area contributed by atoms with Gasteiger partial charge in [0.15, 0.2) is 9.84 Å². The highest BCUT2D eigenvalue weighted by Crippen LogP contribution is 2.25. The first-order chi connectivity index (χ1) is 16.2. The lowest BCUT2D eigenvalue weighted by Gasteiger charge is -2.13. The number of aryl methyl sites for hydroxylation is 2. The Morgan fingerprint density at radius 1 is 0.941 bits per heavy atom. The van der Waals surface area contributed by atoms with E-state index in [1.807, 2.05) is 31.2 Å². The fourth-order valence-electron chi connectivity index (χ4n) is 3.46. The molecule has 2 aromatic heterocycles. The van der Waals surface area contributed by atoms with Crippen LogP contribution in [0, 0.1) is 13.8 Å².